The number of nitrogens with zero attached hydrogens (tertiary/aromatic N) is 2. The van der Waals surface area contributed by atoms with Gasteiger partial charge in [0.25, 0.3) is 5.91 Å². The molecule has 0 unspecified atom stereocenters. The van der Waals surface area contributed by atoms with Crippen LogP contribution >= 0.6 is 23.2 Å². The molecule has 1 aromatic heterocycles. The molecular formula is C25H21Cl2N3O2. The lowest BCUT2D eigenvalue weighted by Crippen LogP contribution is -2.17. The molecule has 7 heteroatoms. The number of fused-ring (bicyclic) bond motifs is 1. The zero-order chi connectivity index (χ0) is 22.5. The van der Waals surface area contributed by atoms with Crippen LogP contribution in [0.15, 0.2) is 78.0 Å². The fourth-order valence-electron chi connectivity index (χ4n) is 3.44. The summed E-state index contributed by atoms with van der Waals surface area (Å²) in [4.78, 5) is 12.4. The number of hydrazone groups is 1. The number of aromatic nitrogens is 1. The quantitative estimate of drug-likeness (QED) is 0.262. The smallest absolute Gasteiger partial charge is 0.271 e. The van der Waals surface area contributed by atoms with E-state index in [9.17, 15) is 4.79 Å². The van der Waals surface area contributed by atoms with E-state index in [1.54, 1.807) is 36.5 Å². The van der Waals surface area contributed by atoms with Crippen molar-refractivity contribution in [3.05, 3.63) is 99.7 Å². The van der Waals surface area contributed by atoms with E-state index in [1.165, 1.54) is 0 Å². The van der Waals surface area contributed by atoms with E-state index < -0.39 is 0 Å². The molecule has 0 radical (unpaired) electrons. The van der Waals surface area contributed by atoms with Gasteiger partial charge >= 0.3 is 0 Å². The minimum absolute atomic E-state index is 0.288. The van der Waals surface area contributed by atoms with Crippen LogP contribution in [0, 0.1) is 0 Å². The summed E-state index contributed by atoms with van der Waals surface area (Å²) in [7, 11) is 0. The largest absolute Gasteiger partial charge is 0.494 e. The number of ether oxygens (including phenoxy) is 1. The maximum Gasteiger partial charge on any atom is 0.271 e. The summed E-state index contributed by atoms with van der Waals surface area (Å²) in [5, 5.41) is 6.26. The Hall–Kier alpha value is -3.28. The number of rotatable bonds is 7. The highest BCUT2D eigenvalue weighted by Crippen LogP contribution is 2.25. The predicted octanol–water partition coefficient (Wildman–Crippen LogP) is 6.16. The van der Waals surface area contributed by atoms with Crippen molar-refractivity contribution in [2.45, 2.75) is 13.5 Å². The Bertz CT molecular complexity index is 1280. The number of benzene rings is 3. The van der Waals surface area contributed by atoms with Gasteiger partial charge in [-0.1, -0.05) is 47.5 Å². The van der Waals surface area contributed by atoms with Gasteiger partial charge in [0.05, 0.1) is 22.9 Å². The summed E-state index contributed by atoms with van der Waals surface area (Å²) in [6.07, 6.45) is 3.65. The Kier molecular flexibility index (Phi) is 6.78. The number of carbonyl (C=O) groups excluding carboxylic acids is 1. The summed E-state index contributed by atoms with van der Waals surface area (Å²) in [5.41, 5.74) is 6.08. The molecule has 5 nitrogen and oxygen atoms in total. The predicted molar refractivity (Wildman–Crippen MR) is 130 cm³/mol. The second kappa shape index (κ2) is 9.90. The molecule has 3 aromatic carbocycles. The first-order valence-corrected chi connectivity index (χ1v) is 10.9. The third-order valence-electron chi connectivity index (χ3n) is 4.95. The molecule has 0 saturated heterocycles. The van der Waals surface area contributed by atoms with Gasteiger partial charge < -0.3 is 9.30 Å². The van der Waals surface area contributed by atoms with Gasteiger partial charge in [0.1, 0.15) is 5.75 Å². The van der Waals surface area contributed by atoms with Crippen LogP contribution in [0.2, 0.25) is 10.0 Å². The minimum Gasteiger partial charge on any atom is -0.494 e. The van der Waals surface area contributed by atoms with Gasteiger partial charge in [0.2, 0.25) is 0 Å². The summed E-state index contributed by atoms with van der Waals surface area (Å²) >= 11 is 12.2. The molecule has 0 saturated carbocycles. The lowest BCUT2D eigenvalue weighted by atomic mass is 10.2. The van der Waals surface area contributed by atoms with Crippen molar-refractivity contribution >= 4 is 46.2 Å². The highest BCUT2D eigenvalue weighted by Gasteiger charge is 2.09. The van der Waals surface area contributed by atoms with Gasteiger partial charge in [0.15, 0.2) is 0 Å². The Morgan fingerprint density at radius 3 is 2.59 bits per heavy atom. The SMILES string of the molecule is CCOc1ccc(C(=O)N/N=C\c2cn(Cc3ccc(Cl)c(Cl)c3)c3ccccc23)cc1. The summed E-state index contributed by atoms with van der Waals surface area (Å²) in [6.45, 7) is 3.12. The average Bonchev–Trinajstić information content (AvgIpc) is 3.14. The van der Waals surface area contributed by atoms with Crippen LogP contribution in [0.4, 0.5) is 0 Å². The molecule has 0 spiro atoms. The second-order valence-electron chi connectivity index (χ2n) is 7.13. The molecule has 1 amide bonds. The third-order valence-corrected chi connectivity index (χ3v) is 5.69. The first-order chi connectivity index (χ1) is 15.5. The number of halogens is 2. The van der Waals surface area contributed by atoms with Gasteiger partial charge in [-0.25, -0.2) is 5.43 Å². The summed E-state index contributed by atoms with van der Waals surface area (Å²) in [5.74, 6) is 0.436. The second-order valence-corrected chi connectivity index (χ2v) is 7.95. The number of nitrogens with one attached hydrogen (secondary N) is 1. The molecule has 0 fully saturated rings. The van der Waals surface area contributed by atoms with E-state index in [-0.39, 0.29) is 5.91 Å². The Balaban J connectivity index is 1.52. The van der Waals surface area contributed by atoms with Crippen LogP contribution in [0.5, 0.6) is 5.75 Å². The molecule has 4 rings (SSSR count). The minimum atomic E-state index is -0.288. The van der Waals surface area contributed by atoms with Gasteiger partial charge in [-0.05, 0) is 55.0 Å². The number of amides is 1. The molecule has 1 heterocycles. The molecule has 32 heavy (non-hydrogen) atoms. The van der Waals surface area contributed by atoms with Gasteiger partial charge in [-0.15, -0.1) is 0 Å². The van der Waals surface area contributed by atoms with Crippen LogP contribution in [0.1, 0.15) is 28.4 Å². The van der Waals surface area contributed by atoms with Crippen molar-refractivity contribution in [3.8, 4) is 5.75 Å². The van der Waals surface area contributed by atoms with Crippen LogP contribution < -0.4 is 10.2 Å². The van der Waals surface area contributed by atoms with Crippen molar-refractivity contribution in [3.63, 3.8) is 0 Å². The molecule has 0 bridgehead atoms. The van der Waals surface area contributed by atoms with Crippen LogP contribution in [0.3, 0.4) is 0 Å². The zero-order valence-electron chi connectivity index (χ0n) is 17.4. The van der Waals surface area contributed by atoms with E-state index in [2.05, 4.69) is 15.1 Å². The van der Waals surface area contributed by atoms with Crippen LogP contribution in [-0.2, 0) is 6.54 Å². The van der Waals surface area contributed by atoms with Gasteiger partial charge in [0, 0.05) is 34.8 Å². The van der Waals surface area contributed by atoms with Crippen molar-refractivity contribution in [1.29, 1.82) is 0 Å². The molecule has 0 aliphatic carbocycles. The molecular weight excluding hydrogens is 445 g/mol. The zero-order valence-corrected chi connectivity index (χ0v) is 18.9. The Morgan fingerprint density at radius 2 is 1.84 bits per heavy atom. The van der Waals surface area contributed by atoms with Crippen molar-refractivity contribution < 1.29 is 9.53 Å². The number of carbonyl (C=O) groups is 1. The number of hydrogen-bond acceptors (Lipinski definition) is 3. The van der Waals surface area contributed by atoms with Gasteiger partial charge in [-0.2, -0.15) is 5.10 Å². The standard InChI is InChI=1S/C25H21Cl2N3O2/c1-2-32-20-10-8-18(9-11-20)25(31)29-28-14-19-16-30(24-6-4-3-5-21(19)24)15-17-7-12-22(26)23(27)13-17/h3-14,16H,2,15H2,1H3,(H,29,31)/b28-14-. The van der Waals surface area contributed by atoms with Crippen LogP contribution in [0.25, 0.3) is 10.9 Å². The van der Waals surface area contributed by atoms with E-state index in [4.69, 9.17) is 27.9 Å². The Morgan fingerprint density at radius 1 is 1.06 bits per heavy atom. The monoisotopic (exact) mass is 465 g/mol. The fraction of sp³-hybridized carbons (Fsp3) is 0.120. The fourth-order valence-corrected chi connectivity index (χ4v) is 3.76. The average molecular weight is 466 g/mol. The van der Waals surface area contributed by atoms with Crippen LogP contribution in [-0.4, -0.2) is 23.3 Å². The first kappa shape index (κ1) is 21.9. The van der Waals surface area contributed by atoms with Crippen molar-refractivity contribution in [1.82, 2.24) is 9.99 Å². The Labute approximate surface area is 196 Å². The normalized spacial score (nSPS) is 11.2. The molecule has 1 N–H and O–H groups in total. The lowest BCUT2D eigenvalue weighted by molar-refractivity contribution is 0.0955. The maximum absolute atomic E-state index is 12.4. The lowest BCUT2D eigenvalue weighted by Gasteiger charge is -2.06. The maximum atomic E-state index is 12.4. The van der Waals surface area contributed by atoms with Crippen molar-refractivity contribution in [2.75, 3.05) is 6.61 Å². The molecule has 0 aliphatic rings. The summed E-state index contributed by atoms with van der Waals surface area (Å²) < 4.78 is 7.52. The number of para-hydroxylation sites is 1. The molecule has 0 atom stereocenters. The van der Waals surface area contributed by atoms with E-state index in [1.807, 2.05) is 49.5 Å². The van der Waals surface area contributed by atoms with E-state index in [0.29, 0.717) is 28.8 Å². The first-order valence-electron chi connectivity index (χ1n) is 10.1. The molecule has 0 aliphatic heterocycles. The highest BCUT2D eigenvalue weighted by molar-refractivity contribution is 6.42. The topological polar surface area (TPSA) is 55.6 Å². The molecule has 162 valence electrons. The van der Waals surface area contributed by atoms with Gasteiger partial charge in [-0.3, -0.25) is 4.79 Å². The highest BCUT2D eigenvalue weighted by atomic mass is 35.5. The van der Waals surface area contributed by atoms with Crippen molar-refractivity contribution in [2.24, 2.45) is 5.10 Å². The number of hydrogen-bond donors (Lipinski definition) is 1. The van der Waals surface area contributed by atoms with E-state index >= 15 is 0 Å². The third kappa shape index (κ3) is 4.96. The summed E-state index contributed by atoms with van der Waals surface area (Å²) in [6, 6.07) is 20.6. The van der Waals surface area contributed by atoms with E-state index in [0.717, 1.165) is 27.8 Å². The molecule has 4 aromatic rings.